The highest BCUT2D eigenvalue weighted by molar-refractivity contribution is 5.88. The van der Waals surface area contributed by atoms with Crippen LogP contribution in [0.2, 0.25) is 0 Å². The average molecular weight is 393 g/mol. The Balaban J connectivity index is 1.49. The third-order valence-corrected chi connectivity index (χ3v) is 5.79. The minimum Gasteiger partial charge on any atom is -0.368 e. The van der Waals surface area contributed by atoms with Crippen LogP contribution in [-0.4, -0.2) is 16.9 Å². The van der Waals surface area contributed by atoms with Gasteiger partial charge in [0, 0.05) is 16.6 Å². The molecule has 5 rings (SSSR count). The molecule has 1 amide bonds. The maximum atomic E-state index is 12.0. The van der Waals surface area contributed by atoms with Crippen molar-refractivity contribution in [2.24, 2.45) is 5.73 Å². The summed E-state index contributed by atoms with van der Waals surface area (Å²) in [7, 11) is 0. The van der Waals surface area contributed by atoms with Crippen molar-refractivity contribution in [3.05, 3.63) is 107 Å². The summed E-state index contributed by atoms with van der Waals surface area (Å²) in [6.45, 7) is 0. The van der Waals surface area contributed by atoms with Gasteiger partial charge in [0.1, 0.15) is 0 Å². The Morgan fingerprint density at radius 3 is 2.27 bits per heavy atom. The molecule has 3 aromatic carbocycles. The van der Waals surface area contributed by atoms with E-state index in [2.05, 4.69) is 71.0 Å². The Hall–Kier alpha value is -3.63. The van der Waals surface area contributed by atoms with E-state index >= 15 is 0 Å². The predicted molar refractivity (Wildman–Crippen MR) is 122 cm³/mol. The summed E-state index contributed by atoms with van der Waals surface area (Å²) in [5.74, 6) is -0.321. The third kappa shape index (κ3) is 3.42. The van der Waals surface area contributed by atoms with Crippen molar-refractivity contribution in [1.82, 2.24) is 10.3 Å². The van der Waals surface area contributed by atoms with Crippen molar-refractivity contribution in [3.8, 4) is 0 Å². The van der Waals surface area contributed by atoms with E-state index < -0.39 is 0 Å². The number of nitrogens with one attached hydrogen (secondary N) is 2. The summed E-state index contributed by atoms with van der Waals surface area (Å²) in [5, 5.41) is 4.60. The van der Waals surface area contributed by atoms with Crippen LogP contribution in [-0.2, 0) is 11.2 Å². The standard InChI is InChI=1S/C26H23N3O/c27-26(30)23-16-21-20-8-4-5-9-22(20)28-25(21)24(29-23)19-14-12-18(13-15-19)11-10-17-6-2-1-3-7-17/h1-15,23-24,28-29H,16H2,(H2,27,30)/t23-,24-/m1/s1. The van der Waals surface area contributed by atoms with E-state index in [1.807, 2.05) is 30.3 Å². The Morgan fingerprint density at radius 2 is 1.53 bits per heavy atom. The van der Waals surface area contributed by atoms with Crippen LogP contribution in [0.3, 0.4) is 0 Å². The Labute approximate surface area is 175 Å². The molecule has 0 aliphatic carbocycles. The minimum absolute atomic E-state index is 0.106. The third-order valence-electron chi connectivity index (χ3n) is 5.79. The molecule has 4 N–H and O–H groups in total. The number of fused-ring (bicyclic) bond motifs is 3. The topological polar surface area (TPSA) is 70.9 Å². The van der Waals surface area contributed by atoms with E-state index in [4.69, 9.17) is 5.73 Å². The molecule has 0 radical (unpaired) electrons. The lowest BCUT2D eigenvalue weighted by atomic mass is 9.90. The van der Waals surface area contributed by atoms with Crippen molar-refractivity contribution in [2.45, 2.75) is 18.5 Å². The highest BCUT2D eigenvalue weighted by Crippen LogP contribution is 2.35. The first-order valence-corrected chi connectivity index (χ1v) is 10.2. The van der Waals surface area contributed by atoms with Crippen LogP contribution in [0, 0.1) is 0 Å². The molecule has 1 aliphatic heterocycles. The minimum atomic E-state index is -0.389. The summed E-state index contributed by atoms with van der Waals surface area (Å²) in [5.41, 5.74) is 12.4. The molecule has 4 heteroatoms. The highest BCUT2D eigenvalue weighted by atomic mass is 16.1. The summed E-state index contributed by atoms with van der Waals surface area (Å²) >= 11 is 0. The van der Waals surface area contributed by atoms with Gasteiger partial charge in [0.2, 0.25) is 5.91 Å². The zero-order chi connectivity index (χ0) is 20.5. The highest BCUT2D eigenvalue weighted by Gasteiger charge is 2.32. The second-order valence-corrected chi connectivity index (χ2v) is 7.73. The molecule has 1 aliphatic rings. The van der Waals surface area contributed by atoms with Gasteiger partial charge in [-0.25, -0.2) is 0 Å². The first-order chi connectivity index (χ1) is 14.7. The fraction of sp³-hybridized carbons (Fsp3) is 0.115. The van der Waals surface area contributed by atoms with Crippen molar-refractivity contribution in [2.75, 3.05) is 0 Å². The lowest BCUT2D eigenvalue weighted by molar-refractivity contribution is -0.120. The largest absolute Gasteiger partial charge is 0.368 e. The van der Waals surface area contributed by atoms with Crippen LogP contribution in [0.1, 0.15) is 34.0 Å². The number of aromatic amines is 1. The van der Waals surface area contributed by atoms with Gasteiger partial charge in [0.25, 0.3) is 0 Å². The van der Waals surface area contributed by atoms with E-state index in [9.17, 15) is 4.79 Å². The second-order valence-electron chi connectivity index (χ2n) is 7.73. The molecule has 0 fully saturated rings. The van der Waals surface area contributed by atoms with E-state index in [1.54, 1.807) is 0 Å². The lowest BCUT2D eigenvalue weighted by Crippen LogP contribution is -2.48. The van der Waals surface area contributed by atoms with Gasteiger partial charge in [0.05, 0.1) is 12.1 Å². The maximum Gasteiger partial charge on any atom is 0.234 e. The van der Waals surface area contributed by atoms with Crippen molar-refractivity contribution >= 4 is 29.0 Å². The van der Waals surface area contributed by atoms with Gasteiger partial charge >= 0.3 is 0 Å². The normalized spacial score (nSPS) is 18.5. The van der Waals surface area contributed by atoms with E-state index in [0.717, 1.165) is 27.7 Å². The summed E-state index contributed by atoms with van der Waals surface area (Å²) in [4.78, 5) is 15.6. The van der Waals surface area contributed by atoms with Gasteiger partial charge in [-0.1, -0.05) is 84.9 Å². The van der Waals surface area contributed by atoms with Gasteiger partial charge in [-0.05, 0) is 34.7 Å². The molecule has 148 valence electrons. The van der Waals surface area contributed by atoms with Crippen LogP contribution < -0.4 is 11.1 Å². The van der Waals surface area contributed by atoms with Gasteiger partial charge in [-0.3, -0.25) is 10.1 Å². The molecule has 30 heavy (non-hydrogen) atoms. The Kier molecular flexibility index (Phi) is 4.69. The smallest absolute Gasteiger partial charge is 0.234 e. The summed E-state index contributed by atoms with van der Waals surface area (Å²) in [6, 6.07) is 26.4. The number of hydrogen-bond donors (Lipinski definition) is 3. The van der Waals surface area contributed by atoms with Gasteiger partial charge in [-0.15, -0.1) is 0 Å². The van der Waals surface area contributed by atoms with Crippen molar-refractivity contribution in [3.63, 3.8) is 0 Å². The fourth-order valence-electron chi connectivity index (χ4n) is 4.24. The number of rotatable bonds is 4. The quantitative estimate of drug-likeness (QED) is 0.449. The molecule has 1 aromatic heterocycles. The van der Waals surface area contributed by atoms with Crippen molar-refractivity contribution in [1.29, 1.82) is 0 Å². The van der Waals surface area contributed by atoms with E-state index in [0.29, 0.717) is 6.42 Å². The number of aromatic nitrogens is 1. The number of primary amides is 1. The zero-order valence-electron chi connectivity index (χ0n) is 16.5. The predicted octanol–water partition coefficient (Wildman–Crippen LogP) is 4.43. The zero-order valence-corrected chi connectivity index (χ0v) is 16.5. The second kappa shape index (κ2) is 7.65. The van der Waals surface area contributed by atoms with Crippen LogP contribution in [0.15, 0.2) is 78.9 Å². The molecule has 0 saturated heterocycles. The number of amides is 1. The van der Waals surface area contributed by atoms with Crippen LogP contribution in [0.4, 0.5) is 0 Å². The number of H-pyrrole nitrogens is 1. The molecule has 0 spiro atoms. The molecule has 0 saturated carbocycles. The molecule has 0 unspecified atom stereocenters. The van der Waals surface area contributed by atoms with Crippen LogP contribution >= 0.6 is 0 Å². The van der Waals surface area contributed by atoms with Crippen LogP contribution in [0.25, 0.3) is 23.1 Å². The molecule has 2 atom stereocenters. The lowest BCUT2D eigenvalue weighted by Gasteiger charge is -2.30. The van der Waals surface area contributed by atoms with E-state index in [-0.39, 0.29) is 18.0 Å². The summed E-state index contributed by atoms with van der Waals surface area (Å²) < 4.78 is 0. The van der Waals surface area contributed by atoms with Gasteiger partial charge in [-0.2, -0.15) is 0 Å². The number of carbonyl (C=O) groups is 1. The number of para-hydroxylation sites is 1. The van der Waals surface area contributed by atoms with Crippen LogP contribution in [0.5, 0.6) is 0 Å². The Bertz CT molecular complexity index is 1220. The van der Waals surface area contributed by atoms with Gasteiger partial charge < -0.3 is 10.7 Å². The average Bonchev–Trinajstić information content (AvgIpc) is 3.17. The van der Waals surface area contributed by atoms with Gasteiger partial charge in [0.15, 0.2) is 0 Å². The molecule has 4 nitrogen and oxygen atoms in total. The van der Waals surface area contributed by atoms with Crippen molar-refractivity contribution < 1.29 is 4.79 Å². The monoisotopic (exact) mass is 393 g/mol. The Morgan fingerprint density at radius 1 is 0.867 bits per heavy atom. The molecular weight excluding hydrogens is 370 g/mol. The molecular formula is C26H23N3O. The number of nitrogens with two attached hydrogens (primary N) is 1. The molecule has 2 heterocycles. The maximum absolute atomic E-state index is 12.0. The molecule has 0 bridgehead atoms. The number of hydrogen-bond acceptors (Lipinski definition) is 2. The number of benzene rings is 3. The number of carbonyl (C=O) groups excluding carboxylic acids is 1. The summed E-state index contributed by atoms with van der Waals surface area (Å²) in [6.07, 6.45) is 4.81. The molecule has 4 aromatic rings. The van der Waals surface area contributed by atoms with E-state index in [1.165, 1.54) is 11.1 Å². The SMILES string of the molecule is NC(=O)[C@H]1Cc2c([nH]c3ccccc23)[C@@H](c2ccc(C=Cc3ccccc3)cc2)N1. The fourth-order valence-corrected chi connectivity index (χ4v) is 4.24. The first kappa shape index (κ1) is 18.4. The first-order valence-electron chi connectivity index (χ1n) is 10.2.